The van der Waals surface area contributed by atoms with E-state index in [2.05, 4.69) is 11.9 Å². The van der Waals surface area contributed by atoms with Crippen LogP contribution in [0.2, 0.25) is 0 Å². The zero-order chi connectivity index (χ0) is 13.1. The first-order valence-electron chi connectivity index (χ1n) is 6.43. The van der Waals surface area contributed by atoms with E-state index in [9.17, 15) is 4.79 Å². The molecular formula is C14H20N2O2. The van der Waals surface area contributed by atoms with Crippen molar-refractivity contribution in [1.82, 2.24) is 0 Å². The van der Waals surface area contributed by atoms with E-state index in [1.165, 1.54) is 19.3 Å². The van der Waals surface area contributed by atoms with Crippen molar-refractivity contribution in [2.45, 2.75) is 32.2 Å². The Bertz CT molecular complexity index is 441. The SMILES string of the molecule is CCOC(=O)c1cc(N(C)C2CCC2)ccc1N. The van der Waals surface area contributed by atoms with Gasteiger partial charge in [0.1, 0.15) is 0 Å². The number of carbonyl (C=O) groups excluding carboxylic acids is 1. The number of anilines is 2. The van der Waals surface area contributed by atoms with Crippen LogP contribution in [0.3, 0.4) is 0 Å². The summed E-state index contributed by atoms with van der Waals surface area (Å²) < 4.78 is 5.01. The van der Waals surface area contributed by atoms with Crippen LogP contribution in [0.1, 0.15) is 36.5 Å². The quantitative estimate of drug-likeness (QED) is 0.657. The fourth-order valence-electron chi connectivity index (χ4n) is 2.13. The lowest BCUT2D eigenvalue weighted by Gasteiger charge is -2.36. The Morgan fingerprint density at radius 2 is 2.22 bits per heavy atom. The summed E-state index contributed by atoms with van der Waals surface area (Å²) in [6.07, 6.45) is 3.72. The van der Waals surface area contributed by atoms with Gasteiger partial charge in [-0.1, -0.05) is 0 Å². The zero-order valence-electron chi connectivity index (χ0n) is 11.0. The van der Waals surface area contributed by atoms with Gasteiger partial charge in [0, 0.05) is 24.5 Å². The molecule has 2 N–H and O–H groups in total. The third kappa shape index (κ3) is 2.42. The maximum atomic E-state index is 11.8. The van der Waals surface area contributed by atoms with Gasteiger partial charge in [-0.15, -0.1) is 0 Å². The summed E-state index contributed by atoms with van der Waals surface area (Å²) in [5, 5.41) is 0. The van der Waals surface area contributed by atoms with Gasteiger partial charge in [-0.05, 0) is 44.4 Å². The highest BCUT2D eigenvalue weighted by atomic mass is 16.5. The van der Waals surface area contributed by atoms with Crippen molar-refractivity contribution < 1.29 is 9.53 Å². The lowest BCUT2D eigenvalue weighted by molar-refractivity contribution is 0.0527. The van der Waals surface area contributed by atoms with E-state index in [4.69, 9.17) is 10.5 Å². The summed E-state index contributed by atoms with van der Waals surface area (Å²) in [6.45, 7) is 2.15. The van der Waals surface area contributed by atoms with Crippen molar-refractivity contribution in [1.29, 1.82) is 0 Å². The molecule has 0 saturated heterocycles. The predicted molar refractivity (Wildman–Crippen MR) is 72.9 cm³/mol. The molecule has 1 aromatic carbocycles. The van der Waals surface area contributed by atoms with Gasteiger partial charge in [0.2, 0.25) is 0 Å². The Hall–Kier alpha value is -1.71. The molecule has 0 bridgehead atoms. The van der Waals surface area contributed by atoms with E-state index in [0.29, 0.717) is 23.9 Å². The molecule has 1 fully saturated rings. The number of carbonyl (C=O) groups is 1. The summed E-state index contributed by atoms with van der Waals surface area (Å²) in [7, 11) is 2.06. The van der Waals surface area contributed by atoms with Crippen molar-refractivity contribution >= 4 is 17.3 Å². The van der Waals surface area contributed by atoms with Crippen LogP contribution in [0.25, 0.3) is 0 Å². The van der Waals surface area contributed by atoms with Gasteiger partial charge >= 0.3 is 5.97 Å². The zero-order valence-corrected chi connectivity index (χ0v) is 11.0. The van der Waals surface area contributed by atoms with E-state index in [-0.39, 0.29) is 5.97 Å². The number of ether oxygens (including phenoxy) is 1. The van der Waals surface area contributed by atoms with E-state index < -0.39 is 0 Å². The van der Waals surface area contributed by atoms with Crippen molar-refractivity contribution in [3.63, 3.8) is 0 Å². The molecular weight excluding hydrogens is 228 g/mol. The lowest BCUT2D eigenvalue weighted by Crippen LogP contribution is -2.37. The first kappa shape index (κ1) is 12.7. The van der Waals surface area contributed by atoms with E-state index in [1.807, 2.05) is 12.1 Å². The van der Waals surface area contributed by atoms with Gasteiger partial charge in [-0.3, -0.25) is 0 Å². The third-order valence-corrected chi connectivity index (χ3v) is 3.56. The molecule has 0 aromatic heterocycles. The highest BCUT2D eigenvalue weighted by Crippen LogP contribution is 2.30. The molecule has 98 valence electrons. The molecule has 4 nitrogen and oxygen atoms in total. The molecule has 0 atom stereocenters. The number of esters is 1. The largest absolute Gasteiger partial charge is 0.462 e. The number of nitrogens with zero attached hydrogens (tertiary/aromatic N) is 1. The van der Waals surface area contributed by atoms with Crippen molar-refractivity contribution in [2.24, 2.45) is 0 Å². The average molecular weight is 248 g/mol. The molecule has 2 rings (SSSR count). The molecule has 18 heavy (non-hydrogen) atoms. The van der Waals surface area contributed by atoms with Gasteiger partial charge < -0.3 is 15.4 Å². The maximum absolute atomic E-state index is 11.8. The van der Waals surface area contributed by atoms with Crippen LogP contribution in [-0.4, -0.2) is 25.7 Å². The normalized spacial score (nSPS) is 15.0. The highest BCUT2D eigenvalue weighted by molar-refractivity contribution is 5.96. The standard InChI is InChI=1S/C14H20N2O2/c1-3-18-14(17)12-9-11(7-8-13(12)15)16(2)10-5-4-6-10/h7-10H,3-6,15H2,1-2H3. The number of rotatable bonds is 4. The molecule has 0 spiro atoms. The Labute approximate surface area is 108 Å². The summed E-state index contributed by atoms with van der Waals surface area (Å²) in [6, 6.07) is 6.14. The van der Waals surface area contributed by atoms with Gasteiger partial charge in [0.15, 0.2) is 0 Å². The molecule has 0 unspecified atom stereocenters. The summed E-state index contributed by atoms with van der Waals surface area (Å²) in [5.41, 5.74) is 7.78. The number of benzene rings is 1. The van der Waals surface area contributed by atoms with Crippen molar-refractivity contribution in [2.75, 3.05) is 24.3 Å². The Kier molecular flexibility index (Phi) is 3.75. The van der Waals surface area contributed by atoms with Gasteiger partial charge in [0.05, 0.1) is 12.2 Å². The van der Waals surface area contributed by atoms with Gasteiger partial charge in [-0.2, -0.15) is 0 Å². The molecule has 1 aliphatic carbocycles. The first-order chi connectivity index (χ1) is 8.63. The Balaban J connectivity index is 2.22. The van der Waals surface area contributed by atoms with Crippen LogP contribution >= 0.6 is 0 Å². The van der Waals surface area contributed by atoms with E-state index in [0.717, 1.165) is 5.69 Å². The lowest BCUT2D eigenvalue weighted by atomic mass is 9.91. The minimum Gasteiger partial charge on any atom is -0.462 e. The van der Waals surface area contributed by atoms with Crippen LogP contribution in [0.4, 0.5) is 11.4 Å². The molecule has 4 heteroatoms. The fraction of sp³-hybridized carbons (Fsp3) is 0.500. The number of hydrogen-bond acceptors (Lipinski definition) is 4. The Morgan fingerprint density at radius 3 is 2.78 bits per heavy atom. The molecule has 1 saturated carbocycles. The predicted octanol–water partition coefficient (Wildman–Crippen LogP) is 2.43. The maximum Gasteiger partial charge on any atom is 0.340 e. The fourth-order valence-corrected chi connectivity index (χ4v) is 2.13. The minimum atomic E-state index is -0.348. The Morgan fingerprint density at radius 1 is 1.50 bits per heavy atom. The van der Waals surface area contributed by atoms with Crippen LogP contribution in [-0.2, 0) is 4.74 Å². The second kappa shape index (κ2) is 5.29. The molecule has 1 aromatic rings. The second-order valence-electron chi connectivity index (χ2n) is 4.69. The summed E-state index contributed by atoms with van der Waals surface area (Å²) >= 11 is 0. The molecule has 0 radical (unpaired) electrons. The monoisotopic (exact) mass is 248 g/mol. The van der Waals surface area contributed by atoms with Crippen LogP contribution in [0, 0.1) is 0 Å². The van der Waals surface area contributed by atoms with Gasteiger partial charge in [0.25, 0.3) is 0 Å². The van der Waals surface area contributed by atoms with Gasteiger partial charge in [-0.25, -0.2) is 4.79 Å². The van der Waals surface area contributed by atoms with Crippen LogP contribution < -0.4 is 10.6 Å². The smallest absolute Gasteiger partial charge is 0.340 e. The van der Waals surface area contributed by atoms with E-state index in [1.54, 1.807) is 13.0 Å². The molecule has 0 aliphatic heterocycles. The summed E-state index contributed by atoms with van der Waals surface area (Å²) in [4.78, 5) is 14.0. The van der Waals surface area contributed by atoms with Crippen molar-refractivity contribution in [3.8, 4) is 0 Å². The van der Waals surface area contributed by atoms with E-state index >= 15 is 0 Å². The first-order valence-corrected chi connectivity index (χ1v) is 6.43. The highest BCUT2D eigenvalue weighted by Gasteiger charge is 2.23. The van der Waals surface area contributed by atoms with Crippen LogP contribution in [0.15, 0.2) is 18.2 Å². The van der Waals surface area contributed by atoms with Crippen molar-refractivity contribution in [3.05, 3.63) is 23.8 Å². The summed E-state index contributed by atoms with van der Waals surface area (Å²) in [5.74, 6) is -0.348. The number of nitrogens with two attached hydrogens (primary N) is 1. The molecule has 0 heterocycles. The minimum absolute atomic E-state index is 0.348. The average Bonchev–Trinajstić information content (AvgIpc) is 2.27. The number of nitrogen functional groups attached to an aromatic ring is 1. The molecule has 1 aliphatic rings. The number of hydrogen-bond donors (Lipinski definition) is 1. The third-order valence-electron chi connectivity index (χ3n) is 3.56. The second-order valence-corrected chi connectivity index (χ2v) is 4.69. The van der Waals surface area contributed by atoms with Crippen LogP contribution in [0.5, 0.6) is 0 Å². The molecule has 0 amide bonds. The topological polar surface area (TPSA) is 55.6 Å².